The number of rotatable bonds is 12. The van der Waals surface area contributed by atoms with Gasteiger partial charge in [-0.15, -0.1) is 0 Å². The largest absolute Gasteiger partial charge is 0.469 e. The van der Waals surface area contributed by atoms with Crippen LogP contribution in [0.15, 0.2) is 92.2 Å². The van der Waals surface area contributed by atoms with Crippen molar-refractivity contribution in [1.29, 1.82) is 0 Å². The maximum Gasteiger partial charge on any atom is 0.310 e. The van der Waals surface area contributed by atoms with E-state index >= 15 is 0 Å². The summed E-state index contributed by atoms with van der Waals surface area (Å²) in [5.74, 6) is -0.649. The van der Waals surface area contributed by atoms with Crippen LogP contribution in [0.4, 0.5) is 0 Å². The number of hydrogen-bond acceptors (Lipinski definition) is 6. The molecular formula is C47H52N4O4. The Hall–Kier alpha value is -5.76. The normalized spacial score (nSPS) is 15.7. The van der Waals surface area contributed by atoms with Gasteiger partial charge in [0.05, 0.1) is 38.5 Å². The van der Waals surface area contributed by atoms with Crippen molar-refractivity contribution in [3.05, 3.63) is 150 Å². The van der Waals surface area contributed by atoms with Gasteiger partial charge in [-0.3, -0.25) is 19.6 Å². The third kappa shape index (κ3) is 8.49. The number of nitrogens with one attached hydrogen (secondary N) is 2. The van der Waals surface area contributed by atoms with Crippen LogP contribution in [-0.4, -0.2) is 47.5 Å². The number of allylic oxidation sites excluding steroid dienone is 4. The van der Waals surface area contributed by atoms with Crippen LogP contribution in [0.3, 0.4) is 0 Å². The summed E-state index contributed by atoms with van der Waals surface area (Å²) in [7, 11) is 2.82. The van der Waals surface area contributed by atoms with Gasteiger partial charge in [-0.1, -0.05) is 59.7 Å². The third-order valence-corrected chi connectivity index (χ3v) is 11.3. The van der Waals surface area contributed by atoms with Gasteiger partial charge in [0.15, 0.2) is 0 Å². The molecule has 0 radical (unpaired) electrons. The molecule has 0 amide bonds. The number of aromatic nitrogens is 2. The average molecular weight is 737 g/mol. The van der Waals surface area contributed by atoms with Crippen LogP contribution in [0, 0.1) is 27.7 Å². The second kappa shape index (κ2) is 16.3. The SMILES string of the molecule is COC(=O)Cc1c(Cc2[nH]c(/C=C3\N=C(Cc4ccc(C)cc4)C(C)=C3C)c(C)c2CC(=O)OC)[nH]c(/C=C2\N=C(Cc3ccc(C)cc3)C(C)=C2C)c1C. The van der Waals surface area contributed by atoms with Crippen LogP contribution in [0.2, 0.25) is 0 Å². The molecule has 0 unspecified atom stereocenters. The highest BCUT2D eigenvalue weighted by atomic mass is 16.5. The van der Waals surface area contributed by atoms with E-state index in [-0.39, 0.29) is 24.8 Å². The summed E-state index contributed by atoms with van der Waals surface area (Å²) in [5, 5.41) is 0. The first-order valence-electron chi connectivity index (χ1n) is 18.9. The molecule has 0 saturated heterocycles. The Balaban J connectivity index is 1.37. The van der Waals surface area contributed by atoms with Crippen molar-refractivity contribution in [3.8, 4) is 0 Å². The molecule has 8 nitrogen and oxygen atoms in total. The summed E-state index contributed by atoms with van der Waals surface area (Å²) >= 11 is 0. The Labute approximate surface area is 324 Å². The second-order valence-corrected chi connectivity index (χ2v) is 14.9. The van der Waals surface area contributed by atoms with Crippen LogP contribution in [-0.2, 0) is 51.2 Å². The number of carbonyl (C=O) groups is 2. The first kappa shape index (κ1) is 38.9. The summed E-state index contributed by atoms with van der Waals surface area (Å²) < 4.78 is 10.3. The molecule has 0 spiro atoms. The molecular weight excluding hydrogens is 685 g/mol. The summed E-state index contributed by atoms with van der Waals surface area (Å²) in [4.78, 5) is 43.0. The minimum absolute atomic E-state index is 0.109. The van der Waals surface area contributed by atoms with Crippen LogP contribution >= 0.6 is 0 Å². The van der Waals surface area contributed by atoms with Crippen LogP contribution in [0.1, 0.15) is 95.0 Å². The fourth-order valence-electron chi connectivity index (χ4n) is 7.26. The predicted molar refractivity (Wildman–Crippen MR) is 223 cm³/mol. The number of H-pyrrole nitrogens is 2. The van der Waals surface area contributed by atoms with Gasteiger partial charge >= 0.3 is 11.9 Å². The first-order chi connectivity index (χ1) is 26.3. The van der Waals surface area contributed by atoms with E-state index in [0.29, 0.717) is 6.42 Å². The van der Waals surface area contributed by atoms with E-state index < -0.39 is 0 Å². The quantitative estimate of drug-likeness (QED) is 0.141. The van der Waals surface area contributed by atoms with Crippen LogP contribution < -0.4 is 0 Å². The van der Waals surface area contributed by atoms with Gasteiger partial charge < -0.3 is 19.4 Å². The molecule has 4 aromatic rings. The zero-order chi connectivity index (χ0) is 39.6. The van der Waals surface area contributed by atoms with Gasteiger partial charge in [0.2, 0.25) is 0 Å². The smallest absolute Gasteiger partial charge is 0.310 e. The molecule has 0 atom stereocenters. The predicted octanol–water partition coefficient (Wildman–Crippen LogP) is 9.35. The first-order valence-corrected chi connectivity index (χ1v) is 18.9. The number of esters is 2. The van der Waals surface area contributed by atoms with Gasteiger partial charge in [-0.25, -0.2) is 0 Å². The molecule has 2 aromatic heterocycles. The van der Waals surface area contributed by atoms with E-state index in [4.69, 9.17) is 19.5 Å². The molecule has 0 fully saturated rings. The van der Waals surface area contributed by atoms with Crippen molar-refractivity contribution < 1.29 is 19.1 Å². The lowest BCUT2D eigenvalue weighted by Gasteiger charge is -2.07. The number of carbonyl (C=O) groups excluding carboxylic acids is 2. The molecule has 2 aliphatic rings. The topological polar surface area (TPSA) is 109 Å². The minimum Gasteiger partial charge on any atom is -0.469 e. The lowest BCUT2D eigenvalue weighted by Crippen LogP contribution is -2.09. The highest BCUT2D eigenvalue weighted by Gasteiger charge is 2.25. The Morgan fingerprint density at radius 3 is 1.25 bits per heavy atom. The molecule has 2 aromatic carbocycles. The van der Waals surface area contributed by atoms with Crippen LogP contribution in [0.5, 0.6) is 0 Å². The Morgan fingerprint density at radius 2 is 0.909 bits per heavy atom. The number of aliphatic imine (C=N–C) groups is 2. The second-order valence-electron chi connectivity index (χ2n) is 14.9. The van der Waals surface area contributed by atoms with Gasteiger partial charge in [0, 0.05) is 53.5 Å². The highest BCUT2D eigenvalue weighted by Crippen LogP contribution is 2.34. The monoisotopic (exact) mass is 736 g/mol. The lowest BCUT2D eigenvalue weighted by atomic mass is 9.99. The van der Waals surface area contributed by atoms with E-state index in [1.165, 1.54) is 47.6 Å². The molecule has 6 rings (SSSR count). The van der Waals surface area contributed by atoms with E-state index in [0.717, 1.165) is 91.8 Å². The van der Waals surface area contributed by atoms with E-state index in [1.807, 2.05) is 13.8 Å². The van der Waals surface area contributed by atoms with Crippen molar-refractivity contribution in [2.75, 3.05) is 14.2 Å². The Morgan fingerprint density at radius 1 is 0.545 bits per heavy atom. The fraction of sp³-hybridized carbons (Fsp3) is 0.319. The zero-order valence-electron chi connectivity index (χ0n) is 33.8. The van der Waals surface area contributed by atoms with E-state index in [1.54, 1.807) is 0 Å². The molecule has 0 bridgehead atoms. The van der Waals surface area contributed by atoms with Gasteiger partial charge in [-0.2, -0.15) is 0 Å². The van der Waals surface area contributed by atoms with E-state index in [2.05, 4.69) is 112 Å². The van der Waals surface area contributed by atoms with E-state index in [9.17, 15) is 9.59 Å². The molecule has 55 heavy (non-hydrogen) atoms. The van der Waals surface area contributed by atoms with Gasteiger partial charge in [-0.05, 0) is 123 Å². The highest BCUT2D eigenvalue weighted by molar-refractivity contribution is 6.07. The number of methoxy groups -OCH3 is 2. The van der Waals surface area contributed by atoms with Crippen molar-refractivity contribution in [2.45, 2.75) is 87.5 Å². The number of nitrogens with zero attached hydrogens (tertiary/aromatic N) is 2. The van der Waals surface area contributed by atoms with Crippen molar-refractivity contribution in [1.82, 2.24) is 9.97 Å². The maximum atomic E-state index is 12.8. The zero-order valence-corrected chi connectivity index (χ0v) is 33.8. The number of hydrogen-bond donors (Lipinski definition) is 2. The summed E-state index contributed by atoms with van der Waals surface area (Å²) in [6.45, 7) is 16.7. The maximum absolute atomic E-state index is 12.8. The van der Waals surface area contributed by atoms with Crippen molar-refractivity contribution in [3.63, 3.8) is 0 Å². The van der Waals surface area contributed by atoms with Crippen molar-refractivity contribution in [2.24, 2.45) is 9.98 Å². The average Bonchev–Trinajstić information content (AvgIpc) is 3.81. The number of aromatic amines is 2. The molecule has 284 valence electrons. The molecule has 2 aliphatic heterocycles. The van der Waals surface area contributed by atoms with Gasteiger partial charge in [0.1, 0.15) is 0 Å². The molecule has 4 heterocycles. The third-order valence-electron chi connectivity index (χ3n) is 11.3. The molecule has 8 heteroatoms. The number of benzene rings is 2. The van der Waals surface area contributed by atoms with Gasteiger partial charge in [0.25, 0.3) is 0 Å². The van der Waals surface area contributed by atoms with Crippen LogP contribution in [0.25, 0.3) is 12.2 Å². The summed E-state index contributed by atoms with van der Waals surface area (Å²) in [6, 6.07) is 17.2. The molecule has 0 saturated carbocycles. The Kier molecular flexibility index (Phi) is 11.6. The van der Waals surface area contributed by atoms with Crippen molar-refractivity contribution >= 4 is 35.5 Å². The summed E-state index contributed by atoms with van der Waals surface area (Å²) in [6.07, 6.45) is 6.31. The molecule has 2 N–H and O–H groups in total. The molecule has 0 aliphatic carbocycles. The number of ether oxygens (including phenoxy) is 2. The Bertz CT molecular complexity index is 2190. The lowest BCUT2D eigenvalue weighted by molar-refractivity contribution is -0.140. The number of aryl methyl sites for hydroxylation is 2. The fourth-order valence-corrected chi connectivity index (χ4v) is 7.26. The summed E-state index contributed by atoms with van der Waals surface area (Å²) in [5.41, 5.74) is 20.6. The minimum atomic E-state index is -0.324. The standard InChI is InChI=1S/C47H52N4O4/c1-26-11-15-34(16-12-26)19-38-28(3)30(5)40(48-38)23-42-32(7)36(21-46(52)54-9)44(50-42)25-45-37(22-47(53)55-10)33(8)43(51-45)24-41-31(6)29(4)39(49-41)20-35-17-13-27(2)14-18-35/h11-18,23-24,50-51H,19-22,25H2,1-10H3/b40-23-,41-24-.